The first-order chi connectivity index (χ1) is 9.61. The van der Waals surface area contributed by atoms with Gasteiger partial charge >= 0.3 is 0 Å². The fraction of sp³-hybridized carbons (Fsp3) is 0.667. The lowest BCUT2D eigenvalue weighted by atomic mass is 9.70. The molecule has 0 heterocycles. The van der Waals surface area contributed by atoms with Crippen molar-refractivity contribution in [3.63, 3.8) is 0 Å². The van der Waals surface area contributed by atoms with E-state index in [1.165, 1.54) is 37.7 Å². The number of ether oxygens (including phenoxy) is 1. The van der Waals surface area contributed by atoms with Crippen molar-refractivity contribution in [2.45, 2.75) is 52.0 Å². The Hall–Kier alpha value is -1.02. The first kappa shape index (κ1) is 15.4. The van der Waals surface area contributed by atoms with Crippen LogP contribution in [-0.2, 0) is 0 Å². The highest BCUT2D eigenvalue weighted by molar-refractivity contribution is 5.30. The molecule has 1 aromatic rings. The first-order valence-corrected chi connectivity index (χ1v) is 7.92. The Kier molecular flexibility index (Phi) is 5.09. The van der Waals surface area contributed by atoms with Gasteiger partial charge in [-0.2, -0.15) is 0 Å². The highest BCUT2D eigenvalue weighted by Crippen LogP contribution is 2.51. The maximum Gasteiger partial charge on any atom is 0.118 e. The second-order valence-electron chi connectivity index (χ2n) is 6.66. The molecule has 1 aliphatic carbocycles. The fourth-order valence-corrected chi connectivity index (χ4v) is 4.13. The molecule has 1 atom stereocenters. The zero-order valence-electron chi connectivity index (χ0n) is 13.4. The number of benzene rings is 1. The summed E-state index contributed by atoms with van der Waals surface area (Å²) in [5, 5.41) is 3.60. The third kappa shape index (κ3) is 3.17. The molecule has 0 aliphatic heterocycles. The van der Waals surface area contributed by atoms with Crippen LogP contribution in [-0.4, -0.2) is 14.2 Å². The average molecular weight is 275 g/mol. The molecule has 1 aliphatic rings. The van der Waals surface area contributed by atoms with Crippen LogP contribution in [0.4, 0.5) is 0 Å². The van der Waals surface area contributed by atoms with Crippen LogP contribution in [0.3, 0.4) is 0 Å². The summed E-state index contributed by atoms with van der Waals surface area (Å²) >= 11 is 0. The number of hydrogen-bond acceptors (Lipinski definition) is 2. The van der Waals surface area contributed by atoms with Crippen molar-refractivity contribution < 1.29 is 4.74 Å². The molecule has 1 aromatic carbocycles. The average Bonchev–Trinajstić information content (AvgIpc) is 2.88. The van der Waals surface area contributed by atoms with Gasteiger partial charge in [0, 0.05) is 6.04 Å². The minimum absolute atomic E-state index is 0.428. The first-order valence-electron chi connectivity index (χ1n) is 7.92. The van der Waals surface area contributed by atoms with Crippen molar-refractivity contribution in [2.75, 3.05) is 14.2 Å². The molecule has 0 saturated heterocycles. The van der Waals surface area contributed by atoms with Crippen LogP contribution in [0.1, 0.15) is 57.6 Å². The predicted octanol–water partition coefficient (Wildman–Crippen LogP) is 4.56. The molecule has 0 radical (unpaired) electrons. The maximum absolute atomic E-state index is 5.28. The van der Waals surface area contributed by atoms with Gasteiger partial charge in [-0.3, -0.25) is 0 Å². The third-order valence-electron chi connectivity index (χ3n) is 4.76. The van der Waals surface area contributed by atoms with Gasteiger partial charge in [0.25, 0.3) is 0 Å². The minimum Gasteiger partial charge on any atom is -0.497 e. The Balaban J connectivity index is 2.27. The summed E-state index contributed by atoms with van der Waals surface area (Å²) in [7, 11) is 3.83. The van der Waals surface area contributed by atoms with E-state index >= 15 is 0 Å². The van der Waals surface area contributed by atoms with Crippen molar-refractivity contribution in [1.82, 2.24) is 5.32 Å². The van der Waals surface area contributed by atoms with E-state index in [4.69, 9.17) is 4.74 Å². The summed E-state index contributed by atoms with van der Waals surface area (Å²) in [6, 6.07) is 9.06. The minimum atomic E-state index is 0.428. The van der Waals surface area contributed by atoms with Gasteiger partial charge in [-0.1, -0.05) is 38.8 Å². The quantitative estimate of drug-likeness (QED) is 0.821. The molecular formula is C18H29NO. The van der Waals surface area contributed by atoms with Gasteiger partial charge in [-0.25, -0.2) is 0 Å². The second kappa shape index (κ2) is 6.62. The van der Waals surface area contributed by atoms with Crippen LogP contribution in [0, 0.1) is 11.3 Å². The van der Waals surface area contributed by atoms with Crippen LogP contribution < -0.4 is 10.1 Å². The van der Waals surface area contributed by atoms with E-state index in [9.17, 15) is 0 Å². The summed E-state index contributed by atoms with van der Waals surface area (Å²) in [6.07, 6.45) is 6.76. The molecule has 20 heavy (non-hydrogen) atoms. The second-order valence-corrected chi connectivity index (χ2v) is 6.66. The topological polar surface area (TPSA) is 21.3 Å². The molecule has 2 heteroatoms. The van der Waals surface area contributed by atoms with Crippen molar-refractivity contribution in [3.05, 3.63) is 29.8 Å². The molecule has 0 amide bonds. The molecule has 0 aromatic heterocycles. The van der Waals surface area contributed by atoms with E-state index in [1.54, 1.807) is 7.11 Å². The fourth-order valence-electron chi connectivity index (χ4n) is 4.13. The zero-order chi connectivity index (χ0) is 14.6. The lowest BCUT2D eigenvalue weighted by Crippen LogP contribution is -2.35. The normalized spacial score (nSPS) is 19.2. The highest BCUT2D eigenvalue weighted by Gasteiger charge is 2.41. The van der Waals surface area contributed by atoms with E-state index in [0.717, 1.165) is 11.7 Å². The highest BCUT2D eigenvalue weighted by atomic mass is 16.5. The Morgan fingerprint density at radius 1 is 1.15 bits per heavy atom. The van der Waals surface area contributed by atoms with Crippen molar-refractivity contribution in [3.8, 4) is 5.75 Å². The summed E-state index contributed by atoms with van der Waals surface area (Å²) in [6.45, 7) is 4.70. The smallest absolute Gasteiger partial charge is 0.118 e. The van der Waals surface area contributed by atoms with E-state index in [2.05, 4.69) is 50.5 Å². The van der Waals surface area contributed by atoms with E-state index in [-0.39, 0.29) is 0 Å². The van der Waals surface area contributed by atoms with Crippen LogP contribution in [0.15, 0.2) is 24.3 Å². The van der Waals surface area contributed by atoms with Gasteiger partial charge in [0.05, 0.1) is 7.11 Å². The third-order valence-corrected chi connectivity index (χ3v) is 4.76. The summed E-state index contributed by atoms with van der Waals surface area (Å²) in [5.74, 6) is 1.69. The van der Waals surface area contributed by atoms with Crippen molar-refractivity contribution in [2.24, 2.45) is 11.3 Å². The lowest BCUT2D eigenvalue weighted by Gasteiger charge is -2.39. The summed E-state index contributed by atoms with van der Waals surface area (Å²) in [4.78, 5) is 0. The summed E-state index contributed by atoms with van der Waals surface area (Å²) < 4.78 is 5.28. The van der Waals surface area contributed by atoms with Gasteiger partial charge in [-0.05, 0) is 55.3 Å². The van der Waals surface area contributed by atoms with Gasteiger partial charge in [0.2, 0.25) is 0 Å². The number of methoxy groups -OCH3 is 1. The largest absolute Gasteiger partial charge is 0.497 e. The maximum atomic E-state index is 5.28. The summed E-state index contributed by atoms with van der Waals surface area (Å²) in [5.41, 5.74) is 1.83. The molecule has 2 nitrogen and oxygen atoms in total. The molecule has 1 saturated carbocycles. The van der Waals surface area contributed by atoms with Crippen LogP contribution in [0.5, 0.6) is 5.75 Å². The molecule has 0 bridgehead atoms. The Labute approximate surface area is 123 Å². The Morgan fingerprint density at radius 2 is 1.75 bits per heavy atom. The molecule has 112 valence electrons. The van der Waals surface area contributed by atoms with Gasteiger partial charge in [0.1, 0.15) is 5.75 Å². The van der Waals surface area contributed by atoms with Crippen LogP contribution >= 0.6 is 0 Å². The number of hydrogen-bond donors (Lipinski definition) is 1. The molecule has 1 fully saturated rings. The zero-order valence-corrected chi connectivity index (χ0v) is 13.4. The number of nitrogens with one attached hydrogen (secondary N) is 1. The molecular weight excluding hydrogens is 246 g/mol. The Bertz CT molecular complexity index is 404. The van der Waals surface area contributed by atoms with Crippen molar-refractivity contribution in [1.29, 1.82) is 0 Å². The predicted molar refractivity (Wildman–Crippen MR) is 85.2 cm³/mol. The molecule has 2 rings (SSSR count). The molecule has 0 spiro atoms. The monoisotopic (exact) mass is 275 g/mol. The SMILES string of the molecule is CNC(c1ccc(OC)cc1)C1(CC(C)C)CCCC1. The molecule has 1 unspecified atom stereocenters. The van der Waals surface area contributed by atoms with Gasteiger partial charge < -0.3 is 10.1 Å². The van der Waals surface area contributed by atoms with Gasteiger partial charge in [0.15, 0.2) is 0 Å². The lowest BCUT2D eigenvalue weighted by molar-refractivity contribution is 0.161. The van der Waals surface area contributed by atoms with Crippen LogP contribution in [0.25, 0.3) is 0 Å². The standard InChI is InChI=1S/C18H29NO/c1-14(2)13-18(11-5-6-12-18)17(19-3)15-7-9-16(20-4)10-8-15/h7-10,14,17,19H,5-6,11-13H2,1-4H3. The van der Waals surface area contributed by atoms with Crippen molar-refractivity contribution >= 4 is 0 Å². The molecule has 1 N–H and O–H groups in total. The van der Waals surface area contributed by atoms with E-state index < -0.39 is 0 Å². The number of rotatable bonds is 6. The van der Waals surface area contributed by atoms with E-state index in [1.807, 2.05) is 0 Å². The van der Waals surface area contributed by atoms with Gasteiger partial charge in [-0.15, -0.1) is 0 Å². The van der Waals surface area contributed by atoms with E-state index in [0.29, 0.717) is 11.5 Å². The van der Waals surface area contributed by atoms with Crippen LogP contribution in [0.2, 0.25) is 0 Å². The Morgan fingerprint density at radius 3 is 2.20 bits per heavy atom.